The summed E-state index contributed by atoms with van der Waals surface area (Å²) in [6.07, 6.45) is 13.7. The summed E-state index contributed by atoms with van der Waals surface area (Å²) in [7, 11) is -7.20. The van der Waals surface area contributed by atoms with E-state index < -0.39 is 20.4 Å². The molecule has 0 bridgehead atoms. The van der Waals surface area contributed by atoms with Crippen molar-refractivity contribution in [2.45, 2.75) is 97.1 Å². The summed E-state index contributed by atoms with van der Waals surface area (Å²) >= 11 is 0. The van der Waals surface area contributed by atoms with Gasteiger partial charge in [0, 0.05) is 14.7 Å². The predicted octanol–water partition coefficient (Wildman–Crippen LogP) is 12.0. The molecule has 7 heteroatoms. The highest BCUT2D eigenvalue weighted by Crippen LogP contribution is 2.70. The second-order valence-corrected chi connectivity index (χ2v) is 17.3. The molecular weight excluding hydrogens is 661 g/mol. The summed E-state index contributed by atoms with van der Waals surface area (Å²) < 4.78 is 41.4. The number of para-hydroxylation sites is 1. The minimum Gasteiger partial charge on any atom is -0.456 e. The van der Waals surface area contributed by atoms with Crippen LogP contribution in [0.5, 0.6) is 0 Å². The first-order chi connectivity index (χ1) is 24.4. The van der Waals surface area contributed by atoms with E-state index in [2.05, 4.69) is 6.92 Å². The van der Waals surface area contributed by atoms with Crippen molar-refractivity contribution in [3.8, 4) is 0 Å². The Morgan fingerprint density at radius 1 is 0.520 bits per heavy atom. The molecule has 6 aromatic rings. The number of rotatable bonds is 17. The largest absolute Gasteiger partial charge is 0.456 e. The SMILES string of the molecule is CCCCCCCCCCCCc1ccc(S(=O)(=O)OS(c2ccccc2)(c2ccccc2)c2ccc3oc4ccccc4c(=O)c3c2)cc1. The molecule has 0 saturated heterocycles. The van der Waals surface area contributed by atoms with E-state index in [-0.39, 0.29) is 10.3 Å². The van der Waals surface area contributed by atoms with Gasteiger partial charge in [-0.15, -0.1) is 0 Å². The number of aryl methyl sites for hydroxylation is 1. The summed E-state index contributed by atoms with van der Waals surface area (Å²) in [5, 5.41) is 0.825. The fraction of sp³-hybridized carbons (Fsp3) is 0.279. The van der Waals surface area contributed by atoms with Gasteiger partial charge in [0.15, 0.2) is 0 Å². The molecule has 5 nitrogen and oxygen atoms in total. The highest BCUT2D eigenvalue weighted by molar-refractivity contribution is 8.33. The van der Waals surface area contributed by atoms with Crippen molar-refractivity contribution in [3.05, 3.63) is 143 Å². The van der Waals surface area contributed by atoms with E-state index in [0.29, 0.717) is 36.6 Å². The fourth-order valence-electron chi connectivity index (χ4n) is 6.52. The standard InChI is InChI=1S/C43H46O5S2/c1-2-3-4-5-6-7-8-9-10-13-20-34-27-29-37(30-28-34)50(45,46)48-49(35-21-14-11-15-22-35,36-23-16-12-17-24-36)38-31-32-42-40(33-38)43(44)39-25-18-19-26-41(39)47-42/h11-12,14-19,21-33H,2-10,13,20H2,1H3. The Hall–Kier alpha value is -4.17. The van der Waals surface area contributed by atoms with E-state index in [4.69, 9.17) is 8.05 Å². The molecule has 0 spiro atoms. The third kappa shape index (κ3) is 8.07. The number of fused-ring (bicyclic) bond motifs is 2. The Balaban J connectivity index is 1.29. The van der Waals surface area contributed by atoms with Gasteiger partial charge in [-0.05, 0) is 95.4 Å². The summed E-state index contributed by atoms with van der Waals surface area (Å²) in [6, 6.07) is 38.4. The van der Waals surface area contributed by atoms with Gasteiger partial charge in [0.1, 0.15) is 11.2 Å². The van der Waals surface area contributed by atoms with E-state index in [1.807, 2.05) is 84.9 Å². The van der Waals surface area contributed by atoms with Crippen LogP contribution in [0.25, 0.3) is 21.9 Å². The average Bonchev–Trinajstić information content (AvgIpc) is 3.15. The van der Waals surface area contributed by atoms with Gasteiger partial charge >= 0.3 is 10.1 Å². The molecule has 50 heavy (non-hydrogen) atoms. The summed E-state index contributed by atoms with van der Waals surface area (Å²) in [5.74, 6) is 0. The first-order valence-electron chi connectivity index (χ1n) is 17.9. The van der Waals surface area contributed by atoms with E-state index in [9.17, 15) is 13.2 Å². The summed E-state index contributed by atoms with van der Waals surface area (Å²) in [5.41, 5.74) is 1.85. The Bertz CT molecular complexity index is 2120. The predicted molar refractivity (Wildman–Crippen MR) is 206 cm³/mol. The van der Waals surface area contributed by atoms with Crippen LogP contribution in [0.4, 0.5) is 0 Å². The van der Waals surface area contributed by atoms with Crippen LogP contribution in [-0.4, -0.2) is 8.42 Å². The maximum absolute atomic E-state index is 14.3. The molecule has 5 aromatic carbocycles. The zero-order valence-corrected chi connectivity index (χ0v) is 30.4. The lowest BCUT2D eigenvalue weighted by Crippen LogP contribution is -2.15. The molecule has 0 aliphatic heterocycles. The highest BCUT2D eigenvalue weighted by atomic mass is 32.3. The Kier molecular flexibility index (Phi) is 11.9. The number of unbranched alkanes of at least 4 members (excludes halogenated alkanes) is 9. The van der Waals surface area contributed by atoms with Crippen LogP contribution in [0.1, 0.15) is 76.7 Å². The van der Waals surface area contributed by atoms with Crippen molar-refractivity contribution >= 4 is 42.4 Å². The first-order valence-corrected chi connectivity index (χ1v) is 20.8. The van der Waals surface area contributed by atoms with Crippen molar-refractivity contribution in [1.82, 2.24) is 0 Å². The monoisotopic (exact) mass is 706 g/mol. The minimum absolute atomic E-state index is 0.0966. The zero-order chi connectivity index (χ0) is 34.8. The third-order valence-corrected chi connectivity index (χ3v) is 14.4. The van der Waals surface area contributed by atoms with Gasteiger partial charge in [-0.2, -0.15) is 8.42 Å². The molecule has 260 valence electrons. The van der Waals surface area contributed by atoms with E-state index in [0.717, 1.165) is 18.4 Å². The van der Waals surface area contributed by atoms with Crippen LogP contribution >= 0.6 is 10.3 Å². The maximum atomic E-state index is 14.3. The van der Waals surface area contributed by atoms with Gasteiger partial charge in [0.05, 0.1) is 15.7 Å². The van der Waals surface area contributed by atoms with E-state index in [1.54, 1.807) is 42.5 Å². The maximum Gasteiger partial charge on any atom is 0.307 e. The van der Waals surface area contributed by atoms with Gasteiger partial charge in [0.2, 0.25) is 5.43 Å². The number of hydrogen-bond donors (Lipinski definition) is 0. The summed E-state index contributed by atoms with van der Waals surface area (Å²) in [6.45, 7) is 2.25. The van der Waals surface area contributed by atoms with Crippen LogP contribution in [0, 0.1) is 0 Å². The van der Waals surface area contributed by atoms with Gasteiger partial charge in [-0.1, -0.05) is 125 Å². The fourth-order valence-corrected chi connectivity index (χ4v) is 11.8. The molecule has 0 fully saturated rings. The van der Waals surface area contributed by atoms with Gasteiger partial charge < -0.3 is 4.42 Å². The second kappa shape index (κ2) is 16.7. The molecule has 0 saturated carbocycles. The molecule has 6 rings (SSSR count). The van der Waals surface area contributed by atoms with Crippen LogP contribution in [-0.2, 0) is 20.2 Å². The lowest BCUT2D eigenvalue weighted by atomic mass is 10.0. The normalized spacial score (nSPS) is 12.4. The van der Waals surface area contributed by atoms with Gasteiger partial charge in [-0.25, -0.2) is 3.63 Å². The molecule has 1 aromatic heterocycles. The number of hydrogen-bond acceptors (Lipinski definition) is 5. The Morgan fingerprint density at radius 3 is 1.66 bits per heavy atom. The molecule has 0 N–H and O–H groups in total. The quantitative estimate of drug-likeness (QED) is 0.0697. The molecule has 0 amide bonds. The molecule has 0 unspecified atom stereocenters. The third-order valence-electron chi connectivity index (χ3n) is 9.25. The Morgan fingerprint density at radius 2 is 1.04 bits per heavy atom. The molecule has 1 heterocycles. The molecule has 0 atom stereocenters. The van der Waals surface area contributed by atoms with Crippen molar-refractivity contribution in [3.63, 3.8) is 0 Å². The van der Waals surface area contributed by atoms with Crippen LogP contribution in [0.2, 0.25) is 0 Å². The van der Waals surface area contributed by atoms with Crippen LogP contribution in [0.3, 0.4) is 0 Å². The topological polar surface area (TPSA) is 73.6 Å². The molecule has 0 aliphatic rings. The van der Waals surface area contributed by atoms with Crippen LogP contribution in [0.15, 0.2) is 156 Å². The van der Waals surface area contributed by atoms with Crippen molar-refractivity contribution < 1.29 is 16.5 Å². The molecule has 0 aliphatic carbocycles. The van der Waals surface area contributed by atoms with Crippen molar-refractivity contribution in [2.24, 2.45) is 0 Å². The summed E-state index contributed by atoms with van der Waals surface area (Å²) in [4.78, 5) is 15.8. The first kappa shape index (κ1) is 35.6. The van der Waals surface area contributed by atoms with E-state index >= 15 is 0 Å². The van der Waals surface area contributed by atoms with E-state index in [1.165, 1.54) is 57.8 Å². The molecular formula is C43H46O5S2. The van der Waals surface area contributed by atoms with Gasteiger partial charge in [0.25, 0.3) is 0 Å². The number of benzene rings is 5. The zero-order valence-electron chi connectivity index (χ0n) is 28.8. The lowest BCUT2D eigenvalue weighted by molar-refractivity contribution is 0.508. The Labute approximate surface area is 298 Å². The van der Waals surface area contributed by atoms with Crippen molar-refractivity contribution in [2.75, 3.05) is 0 Å². The van der Waals surface area contributed by atoms with Gasteiger partial charge in [-0.3, -0.25) is 4.79 Å². The lowest BCUT2D eigenvalue weighted by Gasteiger charge is -2.39. The second-order valence-electron chi connectivity index (χ2n) is 12.9. The van der Waals surface area contributed by atoms with Crippen LogP contribution < -0.4 is 5.43 Å². The molecule has 0 radical (unpaired) electrons. The minimum atomic E-state index is -4.29. The highest BCUT2D eigenvalue weighted by Gasteiger charge is 2.38. The smallest absolute Gasteiger partial charge is 0.307 e. The van der Waals surface area contributed by atoms with Crippen molar-refractivity contribution in [1.29, 1.82) is 0 Å². The average molecular weight is 707 g/mol.